The van der Waals surface area contributed by atoms with Gasteiger partial charge in [-0.15, -0.1) is 0 Å². The molecular weight excluding hydrogens is 253 g/mol. The van der Waals surface area contributed by atoms with Crippen LogP contribution in [0.15, 0.2) is 0 Å². The van der Waals surface area contributed by atoms with Gasteiger partial charge in [0.25, 0.3) is 0 Å². The Kier molecular flexibility index (Phi) is 3.17. The van der Waals surface area contributed by atoms with Gasteiger partial charge in [0.05, 0.1) is 6.61 Å². The Morgan fingerprint density at radius 3 is 2.64 bits per heavy atom. The zero-order valence-corrected chi connectivity index (χ0v) is 9.59. The molecule has 1 aliphatic heterocycles. The molecule has 11 heavy (non-hydrogen) atoms. The second-order valence-electron chi connectivity index (χ2n) is 4.21. The van der Waals surface area contributed by atoms with Crippen LogP contribution in [0.5, 0.6) is 0 Å². The molecule has 1 aliphatic rings. The maximum Gasteiger partial charge on any atom is 0.109 e. The fraction of sp³-hybridized carbons (Fsp3) is 1.00. The van der Waals surface area contributed by atoms with Gasteiger partial charge in [-0.25, -0.2) is 0 Å². The summed E-state index contributed by atoms with van der Waals surface area (Å²) in [5, 5.41) is 0. The summed E-state index contributed by atoms with van der Waals surface area (Å²) in [6.45, 7) is 6.69. The lowest BCUT2D eigenvalue weighted by molar-refractivity contribution is 0.236. The van der Waals surface area contributed by atoms with Crippen molar-refractivity contribution in [1.82, 2.24) is 4.90 Å². The van der Waals surface area contributed by atoms with Crippen LogP contribution in [0.1, 0.15) is 20.3 Å². The summed E-state index contributed by atoms with van der Waals surface area (Å²) >= 11 is 1.97. The molecule has 0 aromatic rings. The summed E-state index contributed by atoms with van der Waals surface area (Å²) in [7, 11) is 2.18. The molecule has 1 rings (SSSR count). The lowest BCUT2D eigenvalue weighted by atomic mass is 9.91. The molecule has 1 atom stereocenters. The first-order valence-electron chi connectivity index (χ1n) is 3.99. The first-order valence-corrected chi connectivity index (χ1v) is 4.87. The third-order valence-electron chi connectivity index (χ3n) is 2.34. The fourth-order valence-corrected chi connectivity index (χ4v) is 2.34. The molecule has 0 spiro atoms. The van der Waals surface area contributed by atoms with Crippen molar-refractivity contribution in [3.8, 4) is 0 Å². The molecule has 0 N–H and O–H groups in total. The molecule has 1 heterocycles. The number of likely N-dealkylation sites (N-methyl/N-ethyl adjacent to an activating group) is 1. The molecule has 1 unspecified atom stereocenters. The van der Waals surface area contributed by atoms with E-state index in [-0.39, 0.29) is 0 Å². The minimum Gasteiger partial charge on any atom is -0.314 e. The van der Waals surface area contributed by atoms with Crippen LogP contribution in [0.3, 0.4) is 0 Å². The van der Waals surface area contributed by atoms with Crippen LogP contribution in [0.4, 0.5) is 0 Å². The Hall–Kier alpha value is 0.650. The molecule has 0 saturated carbocycles. The summed E-state index contributed by atoms with van der Waals surface area (Å²) in [5.41, 5.74) is 0.481. The van der Waals surface area contributed by atoms with E-state index >= 15 is 0 Å². The Morgan fingerprint density at radius 1 is 1.64 bits per heavy atom. The summed E-state index contributed by atoms with van der Waals surface area (Å²) in [5.74, 6) is 0. The highest BCUT2D eigenvalue weighted by Gasteiger charge is 2.34. The van der Waals surface area contributed by atoms with Crippen molar-refractivity contribution < 1.29 is 3.07 Å². The molecule has 1 fully saturated rings. The Morgan fingerprint density at radius 2 is 2.27 bits per heavy atom. The topological polar surface area (TPSA) is 12.5 Å². The van der Waals surface area contributed by atoms with E-state index in [9.17, 15) is 0 Å². The molecule has 0 amide bonds. The molecular formula is C8H16INO. The molecule has 0 aromatic carbocycles. The first kappa shape index (κ1) is 9.74. The minimum atomic E-state index is 0.481. The highest BCUT2D eigenvalue weighted by Crippen LogP contribution is 2.32. The SMILES string of the molecule is CN1CC(C)(C)CC1COI. The molecule has 3 heteroatoms. The number of halogens is 1. The van der Waals surface area contributed by atoms with Gasteiger partial charge in [-0.2, -0.15) is 0 Å². The van der Waals surface area contributed by atoms with Gasteiger partial charge in [-0.05, 0) is 18.9 Å². The van der Waals surface area contributed by atoms with Crippen LogP contribution < -0.4 is 0 Å². The van der Waals surface area contributed by atoms with Gasteiger partial charge in [-0.3, -0.25) is 0 Å². The van der Waals surface area contributed by atoms with Gasteiger partial charge >= 0.3 is 0 Å². The Bertz CT molecular complexity index is 138. The van der Waals surface area contributed by atoms with E-state index in [0.717, 1.165) is 6.61 Å². The summed E-state index contributed by atoms with van der Waals surface area (Å²) in [6, 6.07) is 0.627. The molecule has 0 aliphatic carbocycles. The normalized spacial score (nSPS) is 31.1. The van der Waals surface area contributed by atoms with Crippen LogP contribution in [0, 0.1) is 5.41 Å². The zero-order chi connectivity index (χ0) is 8.48. The van der Waals surface area contributed by atoms with E-state index in [1.54, 1.807) is 0 Å². The van der Waals surface area contributed by atoms with Crippen molar-refractivity contribution in [3.63, 3.8) is 0 Å². The lowest BCUT2D eigenvalue weighted by Gasteiger charge is -2.16. The van der Waals surface area contributed by atoms with Crippen molar-refractivity contribution in [2.24, 2.45) is 5.41 Å². The molecule has 66 valence electrons. The zero-order valence-electron chi connectivity index (χ0n) is 7.43. The quantitative estimate of drug-likeness (QED) is 0.712. The number of nitrogens with zero attached hydrogens (tertiary/aromatic N) is 1. The number of rotatable bonds is 2. The Balaban J connectivity index is 2.45. The van der Waals surface area contributed by atoms with Gasteiger partial charge < -0.3 is 7.97 Å². The maximum absolute atomic E-state index is 5.12. The van der Waals surface area contributed by atoms with Gasteiger partial charge in [0, 0.05) is 12.6 Å². The average molecular weight is 269 g/mol. The summed E-state index contributed by atoms with van der Waals surface area (Å²) in [4.78, 5) is 2.39. The van der Waals surface area contributed by atoms with E-state index < -0.39 is 0 Å². The monoisotopic (exact) mass is 269 g/mol. The highest BCUT2D eigenvalue weighted by atomic mass is 127. The summed E-state index contributed by atoms with van der Waals surface area (Å²) in [6.07, 6.45) is 1.26. The number of hydrogen-bond donors (Lipinski definition) is 0. The predicted molar refractivity (Wildman–Crippen MR) is 54.8 cm³/mol. The average Bonchev–Trinajstić information content (AvgIpc) is 2.07. The second-order valence-corrected chi connectivity index (χ2v) is 4.84. The smallest absolute Gasteiger partial charge is 0.109 e. The lowest BCUT2D eigenvalue weighted by Crippen LogP contribution is -2.28. The molecule has 0 aromatic heterocycles. The van der Waals surface area contributed by atoms with E-state index in [4.69, 9.17) is 3.07 Å². The minimum absolute atomic E-state index is 0.481. The molecule has 1 saturated heterocycles. The largest absolute Gasteiger partial charge is 0.314 e. The van der Waals surface area contributed by atoms with Crippen LogP contribution in [0.2, 0.25) is 0 Å². The standard InChI is InChI=1S/C8H16INO/c1-8(2)4-7(5-11-9)10(3)6-8/h7H,4-6H2,1-3H3. The van der Waals surface area contributed by atoms with Crippen molar-refractivity contribution in [1.29, 1.82) is 0 Å². The Labute approximate surface area is 83.0 Å². The highest BCUT2D eigenvalue weighted by molar-refractivity contribution is 14.1. The van der Waals surface area contributed by atoms with Crippen LogP contribution in [-0.2, 0) is 3.07 Å². The number of likely N-dealkylation sites (tertiary alicyclic amines) is 1. The predicted octanol–water partition coefficient (Wildman–Crippen LogP) is 2.08. The first-order chi connectivity index (χ1) is 5.05. The number of hydrogen-bond acceptors (Lipinski definition) is 2. The van der Waals surface area contributed by atoms with Gasteiger partial charge in [0.2, 0.25) is 0 Å². The van der Waals surface area contributed by atoms with Gasteiger partial charge in [0.1, 0.15) is 23.0 Å². The maximum atomic E-state index is 5.12. The third-order valence-corrected chi connectivity index (χ3v) is 2.70. The van der Waals surface area contributed by atoms with Crippen LogP contribution >= 0.6 is 23.0 Å². The van der Waals surface area contributed by atoms with E-state index in [1.165, 1.54) is 13.0 Å². The molecule has 0 bridgehead atoms. The van der Waals surface area contributed by atoms with Crippen molar-refractivity contribution >= 4 is 23.0 Å². The van der Waals surface area contributed by atoms with E-state index in [2.05, 4.69) is 25.8 Å². The van der Waals surface area contributed by atoms with E-state index in [1.807, 2.05) is 23.0 Å². The fourth-order valence-electron chi connectivity index (χ4n) is 1.92. The van der Waals surface area contributed by atoms with Gasteiger partial charge in [0.15, 0.2) is 0 Å². The second kappa shape index (κ2) is 3.58. The van der Waals surface area contributed by atoms with Gasteiger partial charge in [-0.1, -0.05) is 13.8 Å². The molecule has 2 nitrogen and oxygen atoms in total. The van der Waals surface area contributed by atoms with Crippen molar-refractivity contribution in [2.75, 3.05) is 20.2 Å². The summed E-state index contributed by atoms with van der Waals surface area (Å²) < 4.78 is 5.12. The van der Waals surface area contributed by atoms with Crippen LogP contribution in [-0.4, -0.2) is 31.1 Å². The molecule has 0 radical (unpaired) electrons. The van der Waals surface area contributed by atoms with E-state index in [0.29, 0.717) is 11.5 Å². The van der Waals surface area contributed by atoms with Crippen molar-refractivity contribution in [3.05, 3.63) is 0 Å². The van der Waals surface area contributed by atoms with Crippen LogP contribution in [0.25, 0.3) is 0 Å². The van der Waals surface area contributed by atoms with Crippen molar-refractivity contribution in [2.45, 2.75) is 26.3 Å². The third kappa shape index (κ3) is 2.56.